The Balaban J connectivity index is 1.71. The van der Waals surface area contributed by atoms with Crippen molar-refractivity contribution in [3.8, 4) is 17.2 Å². The third kappa shape index (κ3) is 12.1. The highest BCUT2D eigenvalue weighted by molar-refractivity contribution is 6.03. The van der Waals surface area contributed by atoms with E-state index in [9.17, 15) is 74.7 Å². The van der Waals surface area contributed by atoms with Gasteiger partial charge in [-0.1, -0.05) is 0 Å². The van der Waals surface area contributed by atoms with Crippen LogP contribution in [-0.4, -0.2) is 193 Å². The molecule has 324 valence electrons. The van der Waals surface area contributed by atoms with Crippen LogP contribution >= 0.6 is 0 Å². The molecule has 1 aliphatic rings. The van der Waals surface area contributed by atoms with Gasteiger partial charge in [0, 0.05) is 72.6 Å². The van der Waals surface area contributed by atoms with Crippen molar-refractivity contribution in [3.05, 3.63) is 88.0 Å². The molecule has 0 radical (unpaired) electrons. The third-order valence-corrected chi connectivity index (χ3v) is 9.39. The number of hydrogen-bond acceptors (Lipinski definition) is 15. The van der Waals surface area contributed by atoms with Gasteiger partial charge in [0.15, 0.2) is 0 Å². The smallest absolute Gasteiger partial charge is 0.254 e. The number of carbonyl (C=O) groups is 6. The van der Waals surface area contributed by atoms with Gasteiger partial charge in [-0.2, -0.15) is 0 Å². The monoisotopic (exact) mass is 840 g/mol. The normalized spacial score (nSPS) is 13.4. The second kappa shape index (κ2) is 21.6. The summed E-state index contributed by atoms with van der Waals surface area (Å²) in [6.07, 6.45) is 0. The van der Waals surface area contributed by atoms with Crippen LogP contribution in [0.25, 0.3) is 0 Å². The van der Waals surface area contributed by atoms with Crippen LogP contribution in [0, 0.1) is 0 Å². The predicted octanol–water partition coefficient (Wildman–Crippen LogP) is -3.21. The topological polar surface area (TPSA) is 330 Å². The Morgan fingerprint density at radius 3 is 0.783 bits per heavy atom. The van der Waals surface area contributed by atoms with Crippen molar-refractivity contribution in [1.82, 2.24) is 30.7 Å². The number of aromatic hydroxyl groups is 3. The van der Waals surface area contributed by atoms with Crippen LogP contribution in [0.1, 0.15) is 62.1 Å². The summed E-state index contributed by atoms with van der Waals surface area (Å²) in [5.41, 5.74) is -1.11. The standard InChI is InChI=1S/C39H48N6O15/c46-16-28(17-47)40-34(55)22-7-25(13-31(52)10-22)37(58)43-1-2-44(38(59)26-8-23(11-32(53)14-26)35(56)41-29(18-48)19-49)5-6-45(4-3-43)39(60)27-9-24(12-33(54)15-27)36(57)42-30(20-50)21-51/h7-15,28-30,46-54H,1-6,16-21H2,(H,40,55)(H,41,56)(H,42,57). The van der Waals surface area contributed by atoms with Gasteiger partial charge in [-0.25, -0.2) is 0 Å². The van der Waals surface area contributed by atoms with E-state index in [0.717, 1.165) is 54.6 Å². The second-order valence-corrected chi connectivity index (χ2v) is 13.8. The number of phenolic OH excluding ortho intramolecular Hbond substituents is 3. The lowest BCUT2D eigenvalue weighted by Crippen LogP contribution is -2.42. The van der Waals surface area contributed by atoms with Crippen molar-refractivity contribution < 1.29 is 74.7 Å². The first-order valence-electron chi connectivity index (χ1n) is 18.6. The van der Waals surface area contributed by atoms with Crippen LogP contribution < -0.4 is 16.0 Å². The van der Waals surface area contributed by atoms with Crippen LogP contribution in [0.3, 0.4) is 0 Å². The lowest BCUT2D eigenvalue weighted by atomic mass is 10.1. The summed E-state index contributed by atoms with van der Waals surface area (Å²) in [5.74, 6) is -6.15. The first kappa shape index (κ1) is 46.3. The largest absolute Gasteiger partial charge is 0.508 e. The predicted molar refractivity (Wildman–Crippen MR) is 208 cm³/mol. The zero-order chi connectivity index (χ0) is 44.1. The zero-order valence-corrected chi connectivity index (χ0v) is 32.2. The number of rotatable bonds is 15. The lowest BCUT2D eigenvalue weighted by molar-refractivity contribution is 0.0679. The quantitative estimate of drug-likeness (QED) is 0.0717. The molecule has 6 amide bonds. The molecule has 0 aromatic heterocycles. The fourth-order valence-corrected chi connectivity index (χ4v) is 6.07. The molecular formula is C39H48N6O15. The van der Waals surface area contributed by atoms with Crippen LogP contribution in [0.15, 0.2) is 54.6 Å². The first-order valence-corrected chi connectivity index (χ1v) is 18.6. The van der Waals surface area contributed by atoms with E-state index in [1.165, 1.54) is 14.7 Å². The van der Waals surface area contributed by atoms with Gasteiger partial charge in [-0.15, -0.1) is 0 Å². The maximum Gasteiger partial charge on any atom is 0.254 e. The Bertz CT molecular complexity index is 1800. The minimum Gasteiger partial charge on any atom is -0.508 e. The summed E-state index contributed by atoms with van der Waals surface area (Å²) in [6.45, 7) is -4.69. The van der Waals surface area contributed by atoms with Gasteiger partial charge in [0.1, 0.15) is 17.2 Å². The highest BCUT2D eigenvalue weighted by Gasteiger charge is 2.29. The molecule has 1 heterocycles. The van der Waals surface area contributed by atoms with E-state index < -0.39 is 110 Å². The number of nitrogens with zero attached hydrogens (tertiary/aromatic N) is 3. The number of phenols is 3. The summed E-state index contributed by atoms with van der Waals surface area (Å²) < 4.78 is 0. The molecule has 0 unspecified atom stereocenters. The Morgan fingerprint density at radius 1 is 0.383 bits per heavy atom. The van der Waals surface area contributed by atoms with Gasteiger partial charge in [0.05, 0.1) is 57.8 Å². The van der Waals surface area contributed by atoms with E-state index >= 15 is 0 Å². The number of aliphatic hydroxyl groups is 6. The van der Waals surface area contributed by atoms with Crippen LogP contribution in [0.2, 0.25) is 0 Å². The van der Waals surface area contributed by atoms with E-state index in [-0.39, 0.29) is 72.6 Å². The van der Waals surface area contributed by atoms with Gasteiger partial charge in [-0.3, -0.25) is 28.8 Å². The van der Waals surface area contributed by atoms with Crippen molar-refractivity contribution in [2.24, 2.45) is 0 Å². The molecule has 21 heteroatoms. The SMILES string of the molecule is O=C(NC(CO)CO)c1cc(O)cc(C(=O)N2CCN(C(=O)c3cc(O)cc(C(=O)NC(CO)CO)c3)CCN(C(=O)c3cc(O)cc(C(=O)NC(CO)CO)c3)CC2)c1. The average Bonchev–Trinajstić information content (AvgIpc) is 3.35. The van der Waals surface area contributed by atoms with Crippen molar-refractivity contribution in [2.75, 3.05) is 78.9 Å². The minimum absolute atomic E-state index is 0.180. The number of nitrogens with one attached hydrogen (secondary N) is 3. The Kier molecular flexibility index (Phi) is 16.7. The number of aliphatic hydroxyl groups excluding tert-OH is 6. The molecule has 3 aromatic carbocycles. The molecule has 3 aromatic rings. The minimum atomic E-state index is -1.03. The highest BCUT2D eigenvalue weighted by atomic mass is 16.3. The van der Waals surface area contributed by atoms with Crippen LogP contribution in [0.4, 0.5) is 0 Å². The molecule has 21 nitrogen and oxygen atoms in total. The van der Waals surface area contributed by atoms with E-state index in [0.29, 0.717) is 0 Å². The summed E-state index contributed by atoms with van der Waals surface area (Å²) in [5, 5.41) is 94.9. The van der Waals surface area contributed by atoms with Gasteiger partial charge in [0.25, 0.3) is 35.4 Å². The van der Waals surface area contributed by atoms with E-state index in [1.54, 1.807) is 0 Å². The van der Waals surface area contributed by atoms with Crippen molar-refractivity contribution in [2.45, 2.75) is 18.1 Å². The summed E-state index contributed by atoms with van der Waals surface area (Å²) in [7, 11) is 0. The van der Waals surface area contributed by atoms with Gasteiger partial charge >= 0.3 is 0 Å². The summed E-state index contributed by atoms with van der Waals surface area (Å²) in [4.78, 5) is 84.7. The molecule has 0 atom stereocenters. The molecule has 12 N–H and O–H groups in total. The van der Waals surface area contributed by atoms with E-state index in [1.807, 2.05) is 0 Å². The van der Waals surface area contributed by atoms with Crippen molar-refractivity contribution in [1.29, 1.82) is 0 Å². The van der Waals surface area contributed by atoms with Crippen molar-refractivity contribution >= 4 is 35.4 Å². The Hall–Kier alpha value is -6.36. The first-order chi connectivity index (χ1) is 28.6. The molecule has 0 saturated carbocycles. The van der Waals surface area contributed by atoms with Crippen molar-refractivity contribution in [3.63, 3.8) is 0 Å². The van der Waals surface area contributed by atoms with Crippen LogP contribution in [-0.2, 0) is 0 Å². The number of benzene rings is 3. The third-order valence-electron chi connectivity index (χ3n) is 9.39. The van der Waals surface area contributed by atoms with Gasteiger partial charge in [0.2, 0.25) is 0 Å². The maximum atomic E-state index is 14.1. The van der Waals surface area contributed by atoms with Gasteiger partial charge < -0.3 is 76.6 Å². The molecule has 0 bridgehead atoms. The fourth-order valence-electron chi connectivity index (χ4n) is 6.07. The lowest BCUT2D eigenvalue weighted by Gasteiger charge is -2.26. The number of carbonyl (C=O) groups excluding carboxylic acids is 6. The van der Waals surface area contributed by atoms with Gasteiger partial charge in [-0.05, 0) is 54.6 Å². The maximum absolute atomic E-state index is 14.1. The second-order valence-electron chi connectivity index (χ2n) is 13.8. The molecule has 1 aliphatic heterocycles. The molecule has 60 heavy (non-hydrogen) atoms. The molecule has 4 rings (SSSR count). The van der Waals surface area contributed by atoms with E-state index in [2.05, 4.69) is 16.0 Å². The fraction of sp³-hybridized carbons (Fsp3) is 0.385. The molecule has 0 aliphatic carbocycles. The average molecular weight is 841 g/mol. The molecular weight excluding hydrogens is 792 g/mol. The molecule has 0 spiro atoms. The Labute approximate surface area is 342 Å². The van der Waals surface area contributed by atoms with E-state index in [4.69, 9.17) is 0 Å². The zero-order valence-electron chi connectivity index (χ0n) is 32.2. The molecule has 1 saturated heterocycles. The number of amides is 6. The van der Waals surface area contributed by atoms with Crippen LogP contribution in [0.5, 0.6) is 17.2 Å². The Morgan fingerprint density at radius 2 is 0.583 bits per heavy atom. The summed E-state index contributed by atoms with van der Waals surface area (Å²) >= 11 is 0. The highest BCUT2D eigenvalue weighted by Crippen LogP contribution is 2.22. The summed E-state index contributed by atoms with van der Waals surface area (Å²) in [6, 6.07) is 6.83. The number of hydrogen-bond donors (Lipinski definition) is 12. The molecule has 1 fully saturated rings.